The van der Waals surface area contributed by atoms with Gasteiger partial charge in [0.1, 0.15) is 16.4 Å². The average molecular weight is 474 g/mol. The summed E-state index contributed by atoms with van der Waals surface area (Å²) in [5.41, 5.74) is 0.186. The lowest BCUT2D eigenvalue weighted by atomic mass is 9.12. The molecule has 0 saturated heterocycles. The summed E-state index contributed by atoms with van der Waals surface area (Å²) in [6.07, 6.45) is 1.44. The summed E-state index contributed by atoms with van der Waals surface area (Å²) in [4.78, 5) is 12.9. The van der Waals surface area contributed by atoms with Crippen molar-refractivity contribution in [3.8, 4) is 0 Å². The molecular formula is C17H31B9FN3O3S. The van der Waals surface area contributed by atoms with Crippen molar-refractivity contribution < 1.29 is 17.6 Å². The molecule has 1 aromatic carbocycles. The second-order valence-electron chi connectivity index (χ2n) is 12.2. The normalized spacial score (nSPS) is 13.5. The number of sulfonamides is 1. The first kappa shape index (κ1) is 28.6. The predicted molar refractivity (Wildman–Crippen MR) is 163 cm³/mol. The number of aromatic nitrogens is 1. The van der Waals surface area contributed by atoms with Crippen LogP contribution in [0.15, 0.2) is 35.4 Å². The lowest BCUT2D eigenvalue weighted by molar-refractivity contribution is 0.101. The van der Waals surface area contributed by atoms with E-state index < -0.39 is 36.8 Å². The number of hydrogen-bond donors (Lipinski definition) is 2. The molecule has 1 aromatic heterocycles. The predicted octanol–water partition coefficient (Wildman–Crippen LogP) is -6.34. The number of rotatable bonds is 8. The molecule has 0 bridgehead atoms. The highest BCUT2D eigenvalue weighted by atomic mass is 32.2. The number of carbonyl (C=O) groups excluding carboxylic acids is 1. The van der Waals surface area contributed by atoms with Gasteiger partial charge in [0.15, 0.2) is 0 Å². The molecule has 34 heavy (non-hydrogen) atoms. The van der Waals surface area contributed by atoms with Crippen molar-refractivity contribution >= 4 is 92.2 Å². The smallest absolute Gasteiger partial charge is 0.272 e. The van der Waals surface area contributed by atoms with Gasteiger partial charge >= 0.3 is 0 Å². The fourth-order valence-electron chi connectivity index (χ4n) is 5.92. The van der Waals surface area contributed by atoms with Crippen molar-refractivity contribution in [2.45, 2.75) is 32.7 Å². The molecule has 172 valence electrons. The van der Waals surface area contributed by atoms with E-state index in [1.807, 2.05) is 70.6 Å². The fourth-order valence-corrected chi connectivity index (χ4v) is 7.92. The Labute approximate surface area is 211 Å². The van der Waals surface area contributed by atoms with Gasteiger partial charge in [0.25, 0.3) is 5.91 Å². The summed E-state index contributed by atoms with van der Waals surface area (Å²) in [6, 6.07) is 5.64. The van der Waals surface area contributed by atoms with Gasteiger partial charge in [-0.1, -0.05) is 15.3 Å². The second kappa shape index (κ2) is 9.12. The van der Waals surface area contributed by atoms with Gasteiger partial charge in [-0.3, -0.25) is 4.79 Å². The van der Waals surface area contributed by atoms with Gasteiger partial charge in [-0.2, -0.15) is 0 Å². The zero-order valence-corrected chi connectivity index (χ0v) is 23.2. The Hall–Kier alpha value is -1.61. The minimum atomic E-state index is -3.99. The van der Waals surface area contributed by atoms with Gasteiger partial charge in [-0.15, -0.1) is 0 Å². The van der Waals surface area contributed by atoms with Gasteiger partial charge < -0.3 is 9.88 Å². The molecule has 2 N–H and O–H groups in total. The molecular weight excluding hydrogens is 443 g/mol. The molecule has 0 atom stereocenters. The average Bonchev–Trinajstić information content (AvgIpc) is 3.02. The van der Waals surface area contributed by atoms with E-state index in [1.54, 1.807) is 14.0 Å². The monoisotopic (exact) mass is 475 g/mol. The molecule has 0 spiro atoms. The summed E-state index contributed by atoms with van der Waals surface area (Å²) in [7, 11) is 16.0. The minimum Gasteiger partial charge on any atom is -0.345 e. The van der Waals surface area contributed by atoms with E-state index in [2.05, 4.69) is 10.0 Å². The molecule has 0 fully saturated rings. The van der Waals surface area contributed by atoms with Crippen molar-refractivity contribution in [3.63, 3.8) is 0 Å². The molecule has 0 unspecified atom stereocenters. The van der Waals surface area contributed by atoms with Crippen LogP contribution in [0.25, 0.3) is 0 Å². The van der Waals surface area contributed by atoms with Gasteiger partial charge in [0.2, 0.25) is 10.0 Å². The summed E-state index contributed by atoms with van der Waals surface area (Å²) in [5.74, 6) is -0.847. The van der Waals surface area contributed by atoms with E-state index >= 15 is 0 Å². The molecule has 0 aliphatic rings. The quantitative estimate of drug-likeness (QED) is 0.374. The maximum absolute atomic E-state index is 13.7. The fraction of sp³-hybridized carbons (Fsp3) is 0.353. The zero-order chi connectivity index (χ0) is 26.5. The third-order valence-electron chi connectivity index (χ3n) is 6.60. The van der Waals surface area contributed by atoms with Crippen LogP contribution in [0.5, 0.6) is 0 Å². The van der Waals surface area contributed by atoms with Crippen LogP contribution in [0.4, 0.5) is 10.1 Å². The standard InChI is InChI=1S/C17H31B9FN3O3S/c1-8-5-9(3-4-11(8)27)28-13(31)12-6-10(7-30(12)2)34(32,33)29-14(15(18,19)20,16(21,22)23)17(24,25)26/h3-7,29H,18-26H2,1-2H3,(H,28,31). The molecule has 17 heteroatoms. The zero-order valence-electron chi connectivity index (χ0n) is 22.3. The molecule has 2 aromatic rings. The Morgan fingerprint density at radius 2 is 1.44 bits per heavy atom. The Morgan fingerprint density at radius 1 is 0.941 bits per heavy atom. The van der Waals surface area contributed by atoms with Gasteiger partial charge in [0, 0.05) is 18.9 Å². The van der Waals surface area contributed by atoms with Gasteiger partial charge in [-0.25, -0.2) is 17.5 Å². The molecule has 6 nitrogen and oxygen atoms in total. The topological polar surface area (TPSA) is 80.2 Å². The summed E-state index contributed by atoms with van der Waals surface area (Å²) < 4.78 is 45.5. The van der Waals surface area contributed by atoms with E-state index in [0.29, 0.717) is 11.3 Å². The first-order valence-electron chi connectivity index (χ1n) is 11.4. The number of halogens is 1. The number of nitrogens with zero attached hydrogens (tertiary/aromatic N) is 1. The van der Waals surface area contributed by atoms with E-state index in [9.17, 15) is 17.6 Å². The number of hydrogen-bond acceptors (Lipinski definition) is 3. The van der Waals surface area contributed by atoms with E-state index in [0.717, 1.165) is 0 Å². The molecule has 2 rings (SSSR count). The number of carbonyl (C=O) groups is 1. The van der Waals surface area contributed by atoms with Crippen molar-refractivity contribution in [2.24, 2.45) is 7.05 Å². The van der Waals surface area contributed by atoms with E-state index in [-0.39, 0.29) is 16.4 Å². The third-order valence-corrected chi connectivity index (χ3v) is 8.02. The Balaban J connectivity index is 2.50. The molecule has 1 amide bonds. The summed E-state index contributed by atoms with van der Waals surface area (Å²) >= 11 is 0. The van der Waals surface area contributed by atoms with Crippen LogP contribution >= 0.6 is 0 Å². The SMILES string of the molecule is BC(B)(B)C(NS(=O)(=O)c1cc(C(=O)Nc2ccc(F)c(C)c2)n(C)c1)(C(B)(B)B)C(B)(B)B. The third kappa shape index (κ3) is 5.30. The van der Waals surface area contributed by atoms with Crippen molar-refractivity contribution in [3.05, 3.63) is 47.5 Å². The molecule has 0 aliphatic heterocycles. The minimum absolute atomic E-state index is 0.0116. The van der Waals surface area contributed by atoms with Crippen LogP contribution in [-0.4, -0.2) is 95.0 Å². The van der Waals surface area contributed by atoms with Crippen molar-refractivity contribution in [1.82, 2.24) is 9.29 Å². The van der Waals surface area contributed by atoms with Crippen LogP contribution in [0.2, 0.25) is 15.3 Å². The van der Waals surface area contributed by atoms with Gasteiger partial charge in [0.05, 0.1) is 70.6 Å². The number of anilines is 1. The van der Waals surface area contributed by atoms with Crippen molar-refractivity contribution in [1.29, 1.82) is 0 Å². The Morgan fingerprint density at radius 3 is 1.88 bits per heavy atom. The number of nitrogens with one attached hydrogen (secondary N) is 2. The lowest BCUT2D eigenvalue weighted by Gasteiger charge is -2.63. The molecule has 0 aliphatic carbocycles. The van der Waals surface area contributed by atoms with Gasteiger partial charge in [-0.05, 0) is 42.3 Å². The van der Waals surface area contributed by atoms with Crippen LogP contribution in [0.1, 0.15) is 16.1 Å². The lowest BCUT2D eigenvalue weighted by Crippen LogP contribution is -2.71. The number of aryl methyl sites for hydroxylation is 2. The number of benzene rings is 1. The van der Waals surface area contributed by atoms with E-state index in [4.69, 9.17) is 0 Å². The molecule has 1 heterocycles. The molecule has 0 saturated carbocycles. The maximum atomic E-state index is 13.7. The highest BCUT2D eigenvalue weighted by molar-refractivity contribution is 7.89. The molecule has 0 radical (unpaired) electrons. The first-order valence-corrected chi connectivity index (χ1v) is 12.9. The van der Waals surface area contributed by atoms with Crippen molar-refractivity contribution in [2.75, 3.05) is 5.32 Å². The number of amides is 1. The summed E-state index contributed by atoms with van der Waals surface area (Å²) in [6.45, 7) is 1.61. The highest BCUT2D eigenvalue weighted by Gasteiger charge is 2.57. The van der Waals surface area contributed by atoms with E-state index in [1.165, 1.54) is 35.0 Å². The first-order chi connectivity index (χ1) is 15.1. The van der Waals surface area contributed by atoms with Crippen LogP contribution in [-0.2, 0) is 17.1 Å². The Bertz CT molecular complexity index is 1170. The maximum Gasteiger partial charge on any atom is 0.272 e. The summed E-state index contributed by atoms with van der Waals surface area (Å²) in [5, 5.41) is 1.44. The van der Waals surface area contributed by atoms with Crippen LogP contribution in [0.3, 0.4) is 0 Å². The van der Waals surface area contributed by atoms with Crippen LogP contribution < -0.4 is 10.0 Å². The van der Waals surface area contributed by atoms with Crippen LogP contribution in [0, 0.1) is 12.7 Å². The second-order valence-corrected chi connectivity index (χ2v) is 13.9. The highest BCUT2D eigenvalue weighted by Crippen LogP contribution is 2.54. The largest absolute Gasteiger partial charge is 0.345 e. The Kier molecular flexibility index (Phi) is 7.68.